The van der Waals surface area contributed by atoms with Crippen LogP contribution in [0.1, 0.15) is 31.8 Å². The number of anilines is 1. The Bertz CT molecular complexity index is 1050. The van der Waals surface area contributed by atoms with Crippen molar-refractivity contribution in [1.29, 1.82) is 0 Å². The Morgan fingerprint density at radius 2 is 1.87 bits per heavy atom. The highest BCUT2D eigenvalue weighted by Crippen LogP contribution is 2.27. The van der Waals surface area contributed by atoms with Gasteiger partial charge in [0.05, 0.1) is 10.8 Å². The van der Waals surface area contributed by atoms with E-state index < -0.39 is 11.0 Å². The predicted octanol–water partition coefficient (Wildman–Crippen LogP) is 2.96. The monoisotopic (exact) mass is 424 g/mol. The van der Waals surface area contributed by atoms with E-state index in [1.807, 2.05) is 4.90 Å². The molecule has 0 spiro atoms. The number of nitro groups is 1. The number of piperidine rings is 1. The van der Waals surface area contributed by atoms with Crippen molar-refractivity contribution in [2.24, 2.45) is 5.92 Å². The van der Waals surface area contributed by atoms with E-state index in [0.29, 0.717) is 37.4 Å². The van der Waals surface area contributed by atoms with Gasteiger partial charge in [-0.2, -0.15) is 0 Å². The summed E-state index contributed by atoms with van der Waals surface area (Å²) in [5, 5.41) is 18.7. The zero-order chi connectivity index (χ0) is 21.8. The maximum Gasteiger partial charge on any atom is 0.309 e. The Morgan fingerprint density at radius 3 is 2.52 bits per heavy atom. The summed E-state index contributed by atoms with van der Waals surface area (Å²) < 4.78 is 11.1. The maximum atomic E-state index is 12.6. The topological polar surface area (TPSA) is 137 Å². The van der Waals surface area contributed by atoms with Gasteiger partial charge in [-0.25, -0.2) is 9.97 Å². The molecular formula is C20H20N6O5. The second-order valence-corrected chi connectivity index (χ2v) is 7.14. The molecule has 0 amide bonds. The van der Waals surface area contributed by atoms with E-state index in [2.05, 4.69) is 20.2 Å². The van der Waals surface area contributed by atoms with Crippen molar-refractivity contribution in [2.45, 2.75) is 25.9 Å². The average molecular weight is 424 g/mol. The molecule has 0 N–H and O–H groups in total. The summed E-state index contributed by atoms with van der Waals surface area (Å²) in [4.78, 5) is 33.4. The smallest absolute Gasteiger partial charge is 0.309 e. The number of carbonyl (C=O) groups is 1. The van der Waals surface area contributed by atoms with Gasteiger partial charge in [-0.3, -0.25) is 14.9 Å². The fourth-order valence-electron chi connectivity index (χ4n) is 3.33. The van der Waals surface area contributed by atoms with Crippen molar-refractivity contribution >= 4 is 17.6 Å². The van der Waals surface area contributed by atoms with Crippen LogP contribution in [-0.2, 0) is 9.53 Å². The number of carbonyl (C=O) groups excluding carboxylic acids is 1. The van der Waals surface area contributed by atoms with Crippen LogP contribution in [0.15, 0.2) is 47.1 Å². The molecule has 3 heterocycles. The molecule has 1 unspecified atom stereocenters. The van der Waals surface area contributed by atoms with Crippen LogP contribution in [0, 0.1) is 16.0 Å². The Morgan fingerprint density at radius 1 is 1.19 bits per heavy atom. The summed E-state index contributed by atoms with van der Waals surface area (Å²) in [5.74, 6) is 0.490. The first-order valence-corrected chi connectivity index (χ1v) is 9.82. The minimum atomic E-state index is -0.706. The quantitative estimate of drug-likeness (QED) is 0.330. The summed E-state index contributed by atoms with van der Waals surface area (Å²) >= 11 is 0. The molecule has 0 aliphatic carbocycles. The molecule has 1 aliphatic heterocycles. The van der Waals surface area contributed by atoms with E-state index in [1.54, 1.807) is 25.4 Å². The summed E-state index contributed by atoms with van der Waals surface area (Å²) in [7, 11) is 0. The second kappa shape index (κ2) is 8.86. The van der Waals surface area contributed by atoms with Crippen molar-refractivity contribution in [3.8, 4) is 11.5 Å². The summed E-state index contributed by atoms with van der Waals surface area (Å²) in [6.45, 7) is 3.00. The van der Waals surface area contributed by atoms with E-state index in [0.717, 1.165) is 0 Å². The molecule has 160 valence electrons. The van der Waals surface area contributed by atoms with Crippen LogP contribution >= 0.6 is 0 Å². The van der Waals surface area contributed by atoms with E-state index >= 15 is 0 Å². The highest BCUT2D eigenvalue weighted by molar-refractivity contribution is 5.73. The number of hydrogen-bond acceptors (Lipinski definition) is 10. The van der Waals surface area contributed by atoms with Gasteiger partial charge in [-0.15, -0.1) is 10.2 Å². The van der Waals surface area contributed by atoms with Crippen molar-refractivity contribution in [2.75, 3.05) is 18.0 Å². The fourth-order valence-corrected chi connectivity index (χ4v) is 3.33. The van der Waals surface area contributed by atoms with Crippen LogP contribution in [0.5, 0.6) is 0 Å². The van der Waals surface area contributed by atoms with Crippen molar-refractivity contribution < 1.29 is 18.9 Å². The number of nitrogens with zero attached hydrogens (tertiary/aromatic N) is 6. The number of esters is 1. The third kappa shape index (κ3) is 4.65. The zero-order valence-electron chi connectivity index (χ0n) is 16.7. The fraction of sp³-hybridized carbons (Fsp3) is 0.350. The second-order valence-electron chi connectivity index (χ2n) is 7.14. The van der Waals surface area contributed by atoms with Crippen LogP contribution in [0.4, 0.5) is 11.6 Å². The van der Waals surface area contributed by atoms with Gasteiger partial charge in [0.2, 0.25) is 11.8 Å². The van der Waals surface area contributed by atoms with Gasteiger partial charge in [0, 0.05) is 43.2 Å². The number of ether oxygens (including phenoxy) is 1. The molecule has 1 fully saturated rings. The van der Waals surface area contributed by atoms with E-state index in [4.69, 9.17) is 9.15 Å². The molecule has 0 bridgehead atoms. The van der Waals surface area contributed by atoms with Crippen LogP contribution < -0.4 is 4.90 Å². The van der Waals surface area contributed by atoms with Crippen LogP contribution in [-0.4, -0.2) is 44.1 Å². The first kappa shape index (κ1) is 20.4. The molecule has 11 nitrogen and oxygen atoms in total. The van der Waals surface area contributed by atoms with Gasteiger partial charge in [0.15, 0.2) is 6.10 Å². The van der Waals surface area contributed by atoms with Gasteiger partial charge in [0.25, 0.3) is 11.6 Å². The van der Waals surface area contributed by atoms with Crippen molar-refractivity contribution in [1.82, 2.24) is 20.2 Å². The van der Waals surface area contributed by atoms with E-state index in [9.17, 15) is 14.9 Å². The SMILES string of the molecule is CC(OC(=O)C1CCN(c2ncccn2)CC1)c1nnc(-c2ccc([N+](=O)[O-])cc2)o1. The maximum absolute atomic E-state index is 12.6. The van der Waals surface area contributed by atoms with E-state index in [1.165, 1.54) is 24.3 Å². The van der Waals surface area contributed by atoms with Gasteiger partial charge in [-0.05, 0) is 38.0 Å². The minimum absolute atomic E-state index is 0.0318. The molecule has 2 aromatic heterocycles. The number of benzene rings is 1. The van der Waals surface area contributed by atoms with Gasteiger partial charge >= 0.3 is 5.97 Å². The molecule has 1 aromatic carbocycles. The molecule has 3 aromatic rings. The first-order valence-electron chi connectivity index (χ1n) is 9.82. The average Bonchev–Trinajstić information content (AvgIpc) is 3.30. The first-order chi connectivity index (χ1) is 15.0. The Balaban J connectivity index is 1.33. The zero-order valence-corrected chi connectivity index (χ0v) is 16.7. The van der Waals surface area contributed by atoms with Gasteiger partial charge in [-0.1, -0.05) is 0 Å². The predicted molar refractivity (Wildman–Crippen MR) is 108 cm³/mol. The number of rotatable bonds is 6. The molecular weight excluding hydrogens is 404 g/mol. The summed E-state index contributed by atoms with van der Waals surface area (Å²) in [5.41, 5.74) is 0.508. The lowest BCUT2D eigenvalue weighted by Gasteiger charge is -2.31. The third-order valence-electron chi connectivity index (χ3n) is 5.07. The Kier molecular flexibility index (Phi) is 5.83. The van der Waals surface area contributed by atoms with Crippen molar-refractivity contribution in [3.63, 3.8) is 0 Å². The van der Waals surface area contributed by atoms with Crippen LogP contribution in [0.2, 0.25) is 0 Å². The minimum Gasteiger partial charge on any atom is -0.452 e. The number of hydrogen-bond donors (Lipinski definition) is 0. The third-order valence-corrected chi connectivity index (χ3v) is 5.07. The van der Waals surface area contributed by atoms with Gasteiger partial charge in [0.1, 0.15) is 0 Å². The number of non-ortho nitro benzene ring substituents is 1. The lowest BCUT2D eigenvalue weighted by atomic mass is 9.97. The van der Waals surface area contributed by atoms with E-state index in [-0.39, 0.29) is 29.4 Å². The highest BCUT2D eigenvalue weighted by Gasteiger charge is 2.29. The van der Waals surface area contributed by atoms with Crippen molar-refractivity contribution in [3.05, 3.63) is 58.7 Å². The largest absolute Gasteiger partial charge is 0.452 e. The summed E-state index contributed by atoms with van der Waals surface area (Å²) in [6, 6.07) is 7.53. The molecule has 0 radical (unpaired) electrons. The molecule has 1 saturated heterocycles. The number of aromatic nitrogens is 4. The molecule has 1 atom stereocenters. The lowest BCUT2D eigenvalue weighted by Crippen LogP contribution is -2.38. The van der Waals surface area contributed by atoms with Crippen LogP contribution in [0.3, 0.4) is 0 Å². The lowest BCUT2D eigenvalue weighted by molar-refractivity contribution is -0.384. The highest BCUT2D eigenvalue weighted by atomic mass is 16.6. The Hall–Kier alpha value is -3.89. The summed E-state index contributed by atoms with van der Waals surface area (Å²) in [6.07, 6.45) is 3.96. The molecule has 31 heavy (non-hydrogen) atoms. The molecule has 4 rings (SSSR count). The van der Waals surface area contributed by atoms with Gasteiger partial charge < -0.3 is 14.1 Å². The number of nitro benzene ring substituents is 1. The standard InChI is InChI=1S/C20H20N6O5/c1-13(17-23-24-18(31-17)14-3-5-16(6-4-14)26(28)29)30-19(27)15-7-11-25(12-8-15)20-21-9-2-10-22-20/h2-6,9-10,13,15H,7-8,11-12H2,1H3. The Labute approximate surface area is 177 Å². The molecule has 11 heteroatoms. The molecule has 1 aliphatic rings. The van der Waals surface area contributed by atoms with Crippen LogP contribution in [0.25, 0.3) is 11.5 Å². The molecule has 0 saturated carbocycles. The normalized spacial score (nSPS) is 15.5.